The van der Waals surface area contributed by atoms with Gasteiger partial charge in [0.05, 0.1) is 5.69 Å². The molecular formula is C15H23FN2O2. The van der Waals surface area contributed by atoms with Crippen molar-refractivity contribution in [3.05, 3.63) is 30.1 Å². The van der Waals surface area contributed by atoms with E-state index in [0.29, 0.717) is 38.0 Å². The lowest BCUT2D eigenvalue weighted by Crippen LogP contribution is -2.47. The quantitative estimate of drug-likeness (QED) is 0.769. The Morgan fingerprint density at radius 2 is 2.05 bits per heavy atom. The van der Waals surface area contributed by atoms with E-state index in [2.05, 4.69) is 0 Å². The van der Waals surface area contributed by atoms with Crippen molar-refractivity contribution in [1.82, 2.24) is 0 Å². The van der Waals surface area contributed by atoms with Crippen molar-refractivity contribution in [3.63, 3.8) is 0 Å². The minimum absolute atomic E-state index is 0.262. The topological polar surface area (TPSA) is 66.6 Å². The van der Waals surface area contributed by atoms with E-state index in [9.17, 15) is 9.18 Å². The first kappa shape index (κ1) is 16.4. The fourth-order valence-corrected chi connectivity index (χ4v) is 2.18. The third-order valence-corrected chi connectivity index (χ3v) is 3.68. The maximum Gasteiger partial charge on any atom is 0.323 e. The van der Waals surface area contributed by atoms with Crippen molar-refractivity contribution in [2.45, 2.75) is 38.6 Å². The molecule has 0 aliphatic heterocycles. The van der Waals surface area contributed by atoms with Crippen molar-refractivity contribution in [1.29, 1.82) is 0 Å². The Morgan fingerprint density at radius 3 is 2.55 bits per heavy atom. The second-order valence-corrected chi connectivity index (χ2v) is 4.95. The molecule has 0 bridgehead atoms. The van der Waals surface area contributed by atoms with E-state index in [1.54, 1.807) is 25.1 Å². The van der Waals surface area contributed by atoms with Gasteiger partial charge in [-0.2, -0.15) is 0 Å². The molecule has 1 atom stereocenters. The summed E-state index contributed by atoms with van der Waals surface area (Å²) in [4.78, 5) is 13.0. The average molecular weight is 282 g/mol. The molecule has 112 valence electrons. The first-order chi connectivity index (χ1) is 9.44. The molecule has 1 rings (SSSR count). The highest BCUT2D eigenvalue weighted by Gasteiger charge is 2.31. The van der Waals surface area contributed by atoms with E-state index >= 15 is 0 Å². The number of aliphatic carboxylic acids is 1. The van der Waals surface area contributed by atoms with Crippen LogP contribution in [0.4, 0.5) is 10.1 Å². The number of benzene rings is 1. The summed E-state index contributed by atoms with van der Waals surface area (Å²) < 4.78 is 13.7. The summed E-state index contributed by atoms with van der Waals surface area (Å²) in [6, 6.07) is 6.59. The van der Waals surface area contributed by atoms with Crippen molar-refractivity contribution in [2.75, 3.05) is 18.0 Å². The molecular weight excluding hydrogens is 259 g/mol. The van der Waals surface area contributed by atoms with Gasteiger partial charge >= 0.3 is 5.97 Å². The Balaban J connectivity index is 2.63. The SMILES string of the molecule is CCN(CCCC(N)(CC)C(=O)O)c1ccccc1F. The molecule has 3 N–H and O–H groups in total. The molecule has 5 heteroatoms. The van der Waals surface area contributed by atoms with E-state index in [4.69, 9.17) is 10.8 Å². The predicted molar refractivity (Wildman–Crippen MR) is 78.4 cm³/mol. The molecule has 0 heterocycles. The van der Waals surface area contributed by atoms with Crippen molar-refractivity contribution >= 4 is 11.7 Å². The molecule has 0 aromatic heterocycles. The molecule has 0 amide bonds. The molecule has 0 saturated carbocycles. The van der Waals surface area contributed by atoms with Gasteiger partial charge in [-0.3, -0.25) is 4.79 Å². The summed E-state index contributed by atoms with van der Waals surface area (Å²) in [5, 5.41) is 9.12. The van der Waals surface area contributed by atoms with Gasteiger partial charge in [-0.1, -0.05) is 19.1 Å². The Hall–Kier alpha value is -1.62. The predicted octanol–water partition coefficient (Wildman–Crippen LogP) is 2.62. The molecule has 20 heavy (non-hydrogen) atoms. The summed E-state index contributed by atoms with van der Waals surface area (Å²) in [6.07, 6.45) is 1.37. The Kier molecular flexibility index (Phi) is 5.95. The highest BCUT2D eigenvalue weighted by atomic mass is 19.1. The van der Waals surface area contributed by atoms with Gasteiger partial charge in [-0.25, -0.2) is 4.39 Å². The van der Waals surface area contributed by atoms with Gasteiger partial charge in [-0.15, -0.1) is 0 Å². The second-order valence-electron chi connectivity index (χ2n) is 4.95. The van der Waals surface area contributed by atoms with Gasteiger partial charge in [-0.05, 0) is 38.3 Å². The molecule has 1 aromatic rings. The molecule has 0 aliphatic rings. The van der Waals surface area contributed by atoms with Crippen LogP contribution in [0, 0.1) is 5.82 Å². The second kappa shape index (κ2) is 7.24. The molecule has 0 spiro atoms. The Labute approximate surface area is 119 Å². The minimum atomic E-state index is -1.19. The van der Waals surface area contributed by atoms with E-state index in [0.717, 1.165) is 0 Å². The van der Waals surface area contributed by atoms with Crippen LogP contribution < -0.4 is 10.6 Å². The van der Waals surface area contributed by atoms with Crippen molar-refractivity contribution in [2.24, 2.45) is 5.73 Å². The maximum absolute atomic E-state index is 13.7. The lowest BCUT2D eigenvalue weighted by molar-refractivity contribution is -0.143. The number of carboxylic acid groups (broad SMARTS) is 1. The molecule has 1 unspecified atom stereocenters. The number of hydrogen-bond acceptors (Lipinski definition) is 3. The maximum atomic E-state index is 13.7. The van der Waals surface area contributed by atoms with Gasteiger partial charge in [0, 0.05) is 13.1 Å². The van der Waals surface area contributed by atoms with Crippen LogP contribution in [0.2, 0.25) is 0 Å². The fraction of sp³-hybridized carbons (Fsp3) is 0.533. The van der Waals surface area contributed by atoms with Crippen molar-refractivity contribution < 1.29 is 14.3 Å². The number of carboxylic acids is 1. The number of hydrogen-bond donors (Lipinski definition) is 2. The average Bonchev–Trinajstić information content (AvgIpc) is 2.44. The zero-order valence-electron chi connectivity index (χ0n) is 12.1. The van der Waals surface area contributed by atoms with Crippen LogP contribution in [0.25, 0.3) is 0 Å². The first-order valence-corrected chi connectivity index (χ1v) is 6.96. The van der Waals surface area contributed by atoms with Gasteiger partial charge in [0.15, 0.2) is 0 Å². The summed E-state index contributed by atoms with van der Waals surface area (Å²) in [5.74, 6) is -1.24. The minimum Gasteiger partial charge on any atom is -0.480 e. The summed E-state index contributed by atoms with van der Waals surface area (Å²) in [5.41, 5.74) is 5.20. The number of rotatable bonds is 8. The molecule has 0 radical (unpaired) electrons. The van der Waals surface area contributed by atoms with Gasteiger partial charge in [0.2, 0.25) is 0 Å². The van der Waals surface area contributed by atoms with Gasteiger partial charge in [0.25, 0.3) is 0 Å². The Morgan fingerprint density at radius 1 is 1.40 bits per heavy atom. The van der Waals surface area contributed by atoms with Crippen LogP contribution in [0.15, 0.2) is 24.3 Å². The normalized spacial score (nSPS) is 13.8. The van der Waals surface area contributed by atoms with Crippen LogP contribution in [0.3, 0.4) is 0 Å². The van der Waals surface area contributed by atoms with Crippen LogP contribution in [-0.2, 0) is 4.79 Å². The van der Waals surface area contributed by atoms with Crippen LogP contribution in [-0.4, -0.2) is 29.7 Å². The number of carbonyl (C=O) groups is 1. The zero-order valence-corrected chi connectivity index (χ0v) is 12.1. The van der Waals surface area contributed by atoms with E-state index in [1.807, 2.05) is 11.8 Å². The lowest BCUT2D eigenvalue weighted by Gasteiger charge is -2.27. The van der Waals surface area contributed by atoms with E-state index < -0.39 is 11.5 Å². The number of nitrogens with two attached hydrogens (primary N) is 1. The van der Waals surface area contributed by atoms with E-state index in [1.165, 1.54) is 6.07 Å². The lowest BCUT2D eigenvalue weighted by atomic mass is 9.92. The van der Waals surface area contributed by atoms with E-state index in [-0.39, 0.29) is 5.82 Å². The molecule has 1 aromatic carbocycles. The third kappa shape index (κ3) is 3.93. The number of anilines is 1. The molecule has 0 saturated heterocycles. The monoisotopic (exact) mass is 282 g/mol. The standard InChI is InChI=1S/C15H23FN2O2/c1-3-15(17,14(19)20)10-7-11-18(4-2)13-9-6-5-8-12(13)16/h5-6,8-9H,3-4,7,10-11,17H2,1-2H3,(H,19,20). The van der Waals surface area contributed by atoms with Gasteiger partial charge in [0.1, 0.15) is 11.4 Å². The first-order valence-electron chi connectivity index (χ1n) is 6.96. The number of nitrogens with zero attached hydrogens (tertiary/aromatic N) is 1. The summed E-state index contributed by atoms with van der Waals surface area (Å²) >= 11 is 0. The van der Waals surface area contributed by atoms with Crippen LogP contribution >= 0.6 is 0 Å². The third-order valence-electron chi connectivity index (χ3n) is 3.68. The molecule has 4 nitrogen and oxygen atoms in total. The molecule has 0 aliphatic carbocycles. The fourth-order valence-electron chi connectivity index (χ4n) is 2.18. The van der Waals surface area contributed by atoms with Crippen molar-refractivity contribution in [3.8, 4) is 0 Å². The summed E-state index contributed by atoms with van der Waals surface area (Å²) in [6.45, 7) is 4.96. The highest BCUT2D eigenvalue weighted by Crippen LogP contribution is 2.20. The number of halogens is 1. The molecule has 0 fully saturated rings. The van der Waals surface area contributed by atoms with Crippen LogP contribution in [0.5, 0.6) is 0 Å². The Bertz CT molecular complexity index is 453. The smallest absolute Gasteiger partial charge is 0.323 e. The number of para-hydroxylation sites is 1. The van der Waals surface area contributed by atoms with Crippen LogP contribution in [0.1, 0.15) is 33.1 Å². The van der Waals surface area contributed by atoms with Gasteiger partial charge < -0.3 is 15.7 Å². The highest BCUT2D eigenvalue weighted by molar-refractivity contribution is 5.78. The largest absolute Gasteiger partial charge is 0.480 e. The zero-order chi connectivity index (χ0) is 15.2. The summed E-state index contributed by atoms with van der Waals surface area (Å²) in [7, 11) is 0.